The SMILES string of the molecule is CC1CC(C)(C)Nc2c1cc1c(c2S(=O)(=O)O)Oc2cc3c(cc2=C1c1n(CCCCCC(=O)ON2C(=O)CCC2=O)cc[n+]1CCCS(=O)(=O)O)C(C)CC(C)(C)N=3. The van der Waals surface area contributed by atoms with Crippen LogP contribution in [0.5, 0.6) is 11.5 Å². The van der Waals surface area contributed by atoms with E-state index in [-0.39, 0.29) is 65.9 Å². The van der Waals surface area contributed by atoms with Crippen LogP contribution in [0.25, 0.3) is 5.57 Å². The number of ether oxygens (including phenoxy) is 1. The Hall–Kier alpha value is -4.65. The van der Waals surface area contributed by atoms with E-state index < -0.39 is 49.3 Å². The van der Waals surface area contributed by atoms with Crippen LogP contribution in [0.3, 0.4) is 0 Å². The maximum atomic E-state index is 13.6. The van der Waals surface area contributed by atoms with Gasteiger partial charge in [0, 0.05) is 48.1 Å². The summed E-state index contributed by atoms with van der Waals surface area (Å²) >= 11 is 0. The van der Waals surface area contributed by atoms with Gasteiger partial charge in [0.2, 0.25) is 0 Å². The normalized spacial score (nSPS) is 20.5. The van der Waals surface area contributed by atoms with E-state index in [9.17, 15) is 40.3 Å². The highest BCUT2D eigenvalue weighted by atomic mass is 32.2. The first-order chi connectivity index (χ1) is 27.5. The van der Waals surface area contributed by atoms with Gasteiger partial charge in [-0.05, 0) is 94.9 Å². The highest BCUT2D eigenvalue weighted by Gasteiger charge is 2.41. The third kappa shape index (κ3) is 8.81. The molecule has 3 N–H and O–H groups in total. The molecule has 0 bridgehead atoms. The second-order valence-electron chi connectivity index (χ2n) is 17.6. The van der Waals surface area contributed by atoms with Crippen LogP contribution >= 0.6 is 0 Å². The molecule has 0 saturated carbocycles. The number of carbonyl (C=O) groups excluding carboxylic acids is 3. The summed E-state index contributed by atoms with van der Waals surface area (Å²) in [5.41, 5.74) is 2.09. The number of aromatic nitrogens is 2. The second-order valence-corrected chi connectivity index (χ2v) is 20.5. The molecule has 1 saturated heterocycles. The van der Waals surface area contributed by atoms with Gasteiger partial charge in [0.15, 0.2) is 10.6 Å². The molecule has 1 fully saturated rings. The average Bonchev–Trinajstić information content (AvgIpc) is 3.64. The number of hydrogen-bond donors (Lipinski definition) is 3. The summed E-state index contributed by atoms with van der Waals surface area (Å²) in [6.45, 7) is 12.8. The number of nitrogens with zero attached hydrogens (tertiary/aromatic N) is 4. The van der Waals surface area contributed by atoms with E-state index in [1.165, 1.54) is 0 Å². The Kier molecular flexibility index (Phi) is 11.1. The maximum Gasteiger partial charge on any atom is 0.333 e. The number of anilines is 1. The predicted octanol–water partition coefficient (Wildman–Crippen LogP) is 4.42. The van der Waals surface area contributed by atoms with E-state index in [1.807, 2.05) is 54.3 Å². The van der Waals surface area contributed by atoms with Crippen molar-refractivity contribution < 1.29 is 54.5 Å². The summed E-state index contributed by atoms with van der Waals surface area (Å²) in [4.78, 5) is 46.0. The number of imidazole rings is 1. The molecule has 2 atom stereocenters. The molecule has 18 heteroatoms. The molecule has 1 aromatic heterocycles. The van der Waals surface area contributed by atoms with Crippen molar-refractivity contribution in [3.63, 3.8) is 0 Å². The molecule has 2 unspecified atom stereocenters. The summed E-state index contributed by atoms with van der Waals surface area (Å²) in [5, 5.41) is 5.27. The lowest BCUT2D eigenvalue weighted by atomic mass is 9.80. The monoisotopic (exact) mass is 854 g/mol. The van der Waals surface area contributed by atoms with Crippen LogP contribution in [0, 0.1) is 0 Å². The molecule has 0 aliphatic carbocycles. The van der Waals surface area contributed by atoms with Gasteiger partial charge in [-0.15, -0.1) is 5.06 Å². The smallest absolute Gasteiger partial charge is 0.333 e. The van der Waals surface area contributed by atoms with Crippen molar-refractivity contribution in [2.75, 3.05) is 11.1 Å². The number of imide groups is 1. The first kappa shape index (κ1) is 42.5. The molecular weight excluding hydrogens is 803 g/mol. The molecule has 318 valence electrons. The Morgan fingerprint density at radius 3 is 2.34 bits per heavy atom. The van der Waals surface area contributed by atoms with Crippen LogP contribution < -0.4 is 25.2 Å². The molecule has 4 aliphatic heterocycles. The summed E-state index contributed by atoms with van der Waals surface area (Å²) in [5.74, 6) is -1.40. The van der Waals surface area contributed by atoms with Crippen LogP contribution in [0.4, 0.5) is 5.69 Å². The van der Waals surface area contributed by atoms with Gasteiger partial charge >= 0.3 is 5.97 Å². The highest BCUT2D eigenvalue weighted by Crippen LogP contribution is 2.50. The molecule has 2 amide bonds. The molecule has 5 heterocycles. The fourth-order valence-corrected chi connectivity index (χ4v) is 10.4. The zero-order valence-electron chi connectivity index (χ0n) is 34.2. The zero-order valence-corrected chi connectivity index (χ0v) is 35.8. The van der Waals surface area contributed by atoms with Crippen molar-refractivity contribution in [2.45, 2.75) is 140 Å². The predicted molar refractivity (Wildman–Crippen MR) is 214 cm³/mol. The maximum absolute atomic E-state index is 13.6. The minimum atomic E-state index is -4.90. The summed E-state index contributed by atoms with van der Waals surface area (Å²) < 4.78 is 81.9. The lowest BCUT2D eigenvalue weighted by Crippen LogP contribution is -2.41. The molecule has 59 heavy (non-hydrogen) atoms. The van der Waals surface area contributed by atoms with Crippen LogP contribution in [-0.4, -0.2) is 70.2 Å². The Labute approximate surface area is 343 Å². The number of hydrogen-bond acceptors (Lipinski definition) is 11. The number of benzene rings is 2. The lowest BCUT2D eigenvalue weighted by molar-refractivity contribution is -0.698. The van der Waals surface area contributed by atoms with Gasteiger partial charge < -0.3 is 14.9 Å². The number of hydroxylamine groups is 2. The Balaban J connectivity index is 1.37. The number of aryl methyl sites for hydroxylation is 2. The number of rotatable bonds is 13. The third-order valence-corrected chi connectivity index (χ3v) is 13.2. The number of unbranched alkanes of at least 4 members (excludes halogenated alkanes) is 2. The molecule has 0 radical (unpaired) electrons. The van der Waals surface area contributed by atoms with Crippen molar-refractivity contribution in [3.8, 4) is 11.5 Å². The molecule has 7 rings (SSSR count). The van der Waals surface area contributed by atoms with E-state index in [2.05, 4.69) is 26.1 Å². The zero-order chi connectivity index (χ0) is 42.8. The van der Waals surface area contributed by atoms with Crippen LogP contribution in [0.15, 0.2) is 40.5 Å². The topological polar surface area (TPSA) is 215 Å². The minimum Gasteiger partial charge on any atom is -0.454 e. The number of carbonyl (C=O) groups is 3. The lowest BCUT2D eigenvalue weighted by Gasteiger charge is -2.39. The van der Waals surface area contributed by atoms with Crippen LogP contribution in [0.2, 0.25) is 0 Å². The van der Waals surface area contributed by atoms with E-state index >= 15 is 0 Å². The molecule has 0 spiro atoms. The quantitative estimate of drug-likeness (QED) is 0.0738. The number of fused-ring (bicyclic) bond motifs is 4. The van der Waals surface area contributed by atoms with Gasteiger partial charge in [-0.3, -0.25) is 23.7 Å². The molecule has 3 aromatic rings. The third-order valence-electron chi connectivity index (χ3n) is 11.4. The number of amides is 2. The van der Waals surface area contributed by atoms with E-state index in [0.717, 1.165) is 12.0 Å². The molecule has 16 nitrogen and oxygen atoms in total. The first-order valence-corrected chi connectivity index (χ1v) is 23.1. The largest absolute Gasteiger partial charge is 0.454 e. The highest BCUT2D eigenvalue weighted by molar-refractivity contribution is 7.86. The Morgan fingerprint density at radius 1 is 0.966 bits per heavy atom. The minimum absolute atomic E-state index is 0.00388. The van der Waals surface area contributed by atoms with Gasteiger partial charge in [0.1, 0.15) is 18.1 Å². The first-order valence-electron chi connectivity index (χ1n) is 20.1. The van der Waals surface area contributed by atoms with Crippen molar-refractivity contribution >= 4 is 49.3 Å². The van der Waals surface area contributed by atoms with Gasteiger partial charge in [0.25, 0.3) is 37.9 Å². The fraction of sp³-hybridized carbons (Fsp3) is 0.537. The average molecular weight is 855 g/mol. The molecular formula is C41H52N5O11S2+. The summed E-state index contributed by atoms with van der Waals surface area (Å²) in [7, 11) is -9.18. The Bertz CT molecular complexity index is 2600. The van der Waals surface area contributed by atoms with Crippen LogP contribution in [0.1, 0.15) is 134 Å². The van der Waals surface area contributed by atoms with Crippen molar-refractivity contribution in [1.29, 1.82) is 0 Å². The van der Waals surface area contributed by atoms with Gasteiger partial charge in [-0.25, -0.2) is 13.9 Å². The second kappa shape index (κ2) is 15.4. The van der Waals surface area contributed by atoms with Crippen molar-refractivity contribution in [3.05, 3.63) is 63.7 Å². The van der Waals surface area contributed by atoms with Gasteiger partial charge in [0.05, 0.1) is 41.0 Å². The van der Waals surface area contributed by atoms with E-state index in [4.69, 9.17) is 14.6 Å². The van der Waals surface area contributed by atoms with E-state index in [0.29, 0.717) is 76.1 Å². The van der Waals surface area contributed by atoms with Gasteiger partial charge in [-0.2, -0.15) is 16.8 Å². The summed E-state index contributed by atoms with van der Waals surface area (Å²) in [6.07, 6.45) is 6.70. The van der Waals surface area contributed by atoms with Gasteiger partial charge in [-0.1, -0.05) is 13.8 Å². The summed E-state index contributed by atoms with van der Waals surface area (Å²) in [6, 6.07) is 5.77. The Morgan fingerprint density at radius 2 is 1.66 bits per heavy atom. The number of nitrogens with one attached hydrogen (secondary N) is 1. The molecule has 2 aromatic carbocycles. The van der Waals surface area contributed by atoms with Crippen molar-refractivity contribution in [1.82, 2.24) is 9.63 Å². The molecule has 4 aliphatic rings. The van der Waals surface area contributed by atoms with Crippen LogP contribution in [-0.2, 0) is 52.5 Å². The standard InChI is InChI=1S/C41H51N5O11S2/c1-24-22-40(3,4)42-30-21-31-28(19-26(24)30)35(29-20-27-25(2)23-41(5,6)43-36(27)38(37(29)56-31)59(53,54)55)39-44(16-17-45(39)15-10-18-58(50,51)52)14-9-7-8-11-34(49)57-46-32(47)12-13-33(46)48/h16-17,19-21,24-25H,7-15,18,22-23H2,1-6H3,(H2-,42,43,50,51,52,53,54,55)/p+1. The fourth-order valence-electron chi connectivity index (χ4n) is 9.13. The van der Waals surface area contributed by atoms with E-state index in [1.54, 1.807) is 6.20 Å². The van der Waals surface area contributed by atoms with Crippen molar-refractivity contribution in [2.24, 2.45) is 4.99 Å².